The average molecular weight is 501 g/mol. The number of ether oxygens (including phenoxy) is 1. The number of hydrogen-bond donors (Lipinski definition) is 2. The Bertz CT molecular complexity index is 1390. The fraction of sp³-hybridized carbons (Fsp3) is 0.308. The fourth-order valence-electron chi connectivity index (χ4n) is 4.03. The smallest absolute Gasteiger partial charge is 0.343 e. The highest BCUT2D eigenvalue weighted by Crippen LogP contribution is 2.28. The van der Waals surface area contributed by atoms with Crippen LogP contribution >= 0.6 is 0 Å². The molecule has 0 aliphatic carbocycles. The summed E-state index contributed by atoms with van der Waals surface area (Å²) in [5, 5.41) is 25.9. The maximum absolute atomic E-state index is 11.9. The highest BCUT2D eigenvalue weighted by molar-refractivity contribution is 5.94. The second-order valence-corrected chi connectivity index (χ2v) is 8.76. The van der Waals surface area contributed by atoms with Crippen molar-refractivity contribution < 1.29 is 14.3 Å². The van der Waals surface area contributed by atoms with E-state index in [1.54, 1.807) is 42.4 Å². The lowest BCUT2D eigenvalue weighted by atomic mass is 10.2. The minimum Gasteiger partial charge on any atom is -0.423 e. The van der Waals surface area contributed by atoms with Gasteiger partial charge >= 0.3 is 5.97 Å². The molecular formula is C26H28N8O3. The molecule has 0 spiro atoms. The molecule has 11 heteroatoms. The Morgan fingerprint density at radius 1 is 1.16 bits per heavy atom. The number of aliphatic imine (C=N–C) groups is 1. The molecule has 37 heavy (non-hydrogen) atoms. The standard InChI is InChI=1S/C13H19N5O.C13H9N3O2/c1-5-11(19)17(4)18-10-6-9(7-14)15-12(10)16-13(18)8(2)3;17-13(18-10-4-2-1-3-5-10)9-6-7-11-12(8-9)15-16-14-11/h6,8,10,12,15H,5H2,1-4H3;1-8H,(H,14,15,16). The van der Waals surface area contributed by atoms with E-state index in [1.807, 2.05) is 50.1 Å². The van der Waals surface area contributed by atoms with E-state index in [4.69, 9.17) is 10.00 Å². The summed E-state index contributed by atoms with van der Waals surface area (Å²) in [4.78, 5) is 28.4. The van der Waals surface area contributed by atoms with Crippen molar-refractivity contribution in [3.05, 3.63) is 65.9 Å². The zero-order chi connectivity index (χ0) is 26.5. The van der Waals surface area contributed by atoms with Gasteiger partial charge in [0.15, 0.2) is 0 Å². The van der Waals surface area contributed by atoms with Crippen LogP contribution in [-0.2, 0) is 4.79 Å². The molecular weight excluding hydrogens is 472 g/mol. The number of para-hydroxylation sites is 1. The first-order valence-corrected chi connectivity index (χ1v) is 11.9. The molecule has 190 valence electrons. The van der Waals surface area contributed by atoms with Crippen molar-refractivity contribution in [2.24, 2.45) is 10.9 Å². The molecule has 11 nitrogen and oxygen atoms in total. The Kier molecular flexibility index (Phi) is 7.48. The van der Waals surface area contributed by atoms with Gasteiger partial charge in [-0.3, -0.25) is 14.8 Å². The van der Waals surface area contributed by atoms with Crippen LogP contribution in [0.25, 0.3) is 11.0 Å². The molecule has 3 heterocycles. The topological polar surface area (TPSA) is 140 Å². The number of amidine groups is 1. The molecule has 5 rings (SSSR count). The highest BCUT2D eigenvalue weighted by Gasteiger charge is 2.42. The zero-order valence-electron chi connectivity index (χ0n) is 21.0. The van der Waals surface area contributed by atoms with Gasteiger partial charge in [0, 0.05) is 19.4 Å². The van der Waals surface area contributed by atoms with Crippen molar-refractivity contribution in [3.63, 3.8) is 0 Å². The van der Waals surface area contributed by atoms with Gasteiger partial charge in [0.05, 0.1) is 5.56 Å². The number of hydrazine groups is 1. The molecule has 0 radical (unpaired) electrons. The molecule has 0 fully saturated rings. The number of aromatic nitrogens is 3. The highest BCUT2D eigenvalue weighted by atomic mass is 16.5. The van der Waals surface area contributed by atoms with E-state index in [0.29, 0.717) is 34.5 Å². The van der Waals surface area contributed by atoms with E-state index >= 15 is 0 Å². The number of allylic oxidation sites excluding steroid dienone is 1. The molecule has 2 aliphatic heterocycles. The zero-order valence-corrected chi connectivity index (χ0v) is 21.0. The number of esters is 1. The number of rotatable bonds is 5. The summed E-state index contributed by atoms with van der Waals surface area (Å²) in [5.41, 5.74) is 2.31. The lowest BCUT2D eigenvalue weighted by Gasteiger charge is -2.35. The predicted octanol–water partition coefficient (Wildman–Crippen LogP) is 3.02. The van der Waals surface area contributed by atoms with E-state index in [2.05, 4.69) is 31.8 Å². The van der Waals surface area contributed by atoms with Gasteiger partial charge in [-0.15, -0.1) is 0 Å². The number of H-pyrrole nitrogens is 1. The lowest BCUT2D eigenvalue weighted by molar-refractivity contribution is -0.140. The van der Waals surface area contributed by atoms with Crippen molar-refractivity contribution in [3.8, 4) is 11.8 Å². The predicted molar refractivity (Wildman–Crippen MR) is 137 cm³/mol. The van der Waals surface area contributed by atoms with Crippen LogP contribution in [0.4, 0.5) is 0 Å². The molecule has 1 aromatic heterocycles. The van der Waals surface area contributed by atoms with Crippen LogP contribution in [-0.4, -0.2) is 62.4 Å². The summed E-state index contributed by atoms with van der Waals surface area (Å²) in [5.74, 6) is 1.24. The van der Waals surface area contributed by atoms with Crippen molar-refractivity contribution in [2.45, 2.75) is 39.4 Å². The molecule has 0 saturated carbocycles. The van der Waals surface area contributed by atoms with Gasteiger partial charge in [-0.2, -0.15) is 20.7 Å². The average Bonchev–Trinajstić information content (AvgIpc) is 3.62. The summed E-state index contributed by atoms with van der Waals surface area (Å²) in [6, 6.07) is 16.0. The Labute approximate surface area is 214 Å². The Morgan fingerprint density at radius 2 is 1.89 bits per heavy atom. The fourth-order valence-corrected chi connectivity index (χ4v) is 4.03. The number of nitriles is 1. The number of hydrogen-bond acceptors (Lipinski definition) is 9. The van der Waals surface area contributed by atoms with Gasteiger partial charge in [0.2, 0.25) is 5.91 Å². The first-order valence-electron chi connectivity index (χ1n) is 11.9. The number of carbonyl (C=O) groups is 2. The molecule has 0 bridgehead atoms. The van der Waals surface area contributed by atoms with Gasteiger partial charge in [0.25, 0.3) is 0 Å². The maximum atomic E-state index is 11.9. The molecule has 3 aromatic rings. The van der Waals surface area contributed by atoms with E-state index < -0.39 is 5.97 Å². The maximum Gasteiger partial charge on any atom is 0.343 e. The second-order valence-electron chi connectivity index (χ2n) is 8.76. The van der Waals surface area contributed by atoms with Gasteiger partial charge < -0.3 is 10.1 Å². The van der Waals surface area contributed by atoms with Gasteiger partial charge in [-0.25, -0.2) is 9.79 Å². The van der Waals surface area contributed by atoms with Crippen molar-refractivity contribution in [1.29, 1.82) is 5.26 Å². The van der Waals surface area contributed by atoms with E-state index in [1.165, 1.54) is 0 Å². The minimum atomic E-state index is -0.411. The summed E-state index contributed by atoms with van der Waals surface area (Å²) in [6.45, 7) is 5.93. The number of nitrogens with one attached hydrogen (secondary N) is 2. The van der Waals surface area contributed by atoms with Crippen LogP contribution in [0.15, 0.2) is 65.3 Å². The van der Waals surface area contributed by atoms with Crippen molar-refractivity contribution in [2.75, 3.05) is 7.05 Å². The molecule has 2 aromatic carbocycles. The number of nitrogens with zero attached hydrogens (tertiary/aromatic N) is 6. The molecule has 2 unspecified atom stereocenters. The normalized spacial score (nSPS) is 17.7. The van der Waals surface area contributed by atoms with E-state index in [0.717, 1.165) is 5.84 Å². The first kappa shape index (κ1) is 25.4. The minimum absolute atomic E-state index is 0.0350. The molecule has 2 N–H and O–H groups in total. The van der Waals surface area contributed by atoms with Gasteiger partial charge in [-0.1, -0.05) is 39.0 Å². The summed E-state index contributed by atoms with van der Waals surface area (Å²) in [7, 11) is 1.75. The van der Waals surface area contributed by atoms with Gasteiger partial charge in [-0.05, 0) is 36.4 Å². The van der Waals surface area contributed by atoms with Crippen LogP contribution in [0.1, 0.15) is 37.6 Å². The van der Waals surface area contributed by atoms with E-state index in [-0.39, 0.29) is 24.0 Å². The molecule has 1 amide bonds. The summed E-state index contributed by atoms with van der Waals surface area (Å²) < 4.78 is 5.23. The van der Waals surface area contributed by atoms with Crippen LogP contribution in [0.3, 0.4) is 0 Å². The number of aromatic amines is 1. The van der Waals surface area contributed by atoms with Crippen LogP contribution < -0.4 is 10.1 Å². The summed E-state index contributed by atoms with van der Waals surface area (Å²) >= 11 is 0. The summed E-state index contributed by atoms with van der Waals surface area (Å²) in [6.07, 6.45) is 2.11. The number of fused-ring (bicyclic) bond motifs is 2. The monoisotopic (exact) mass is 500 g/mol. The number of amides is 1. The van der Waals surface area contributed by atoms with Crippen LogP contribution in [0, 0.1) is 17.2 Å². The third-order valence-electron chi connectivity index (χ3n) is 5.88. The first-order chi connectivity index (χ1) is 17.8. The van der Waals surface area contributed by atoms with E-state index in [9.17, 15) is 9.59 Å². The van der Waals surface area contributed by atoms with Crippen LogP contribution in [0.2, 0.25) is 0 Å². The Balaban J connectivity index is 0.000000173. The number of benzene rings is 2. The third kappa shape index (κ3) is 5.43. The Morgan fingerprint density at radius 3 is 2.57 bits per heavy atom. The lowest BCUT2D eigenvalue weighted by Crippen LogP contribution is -2.52. The third-order valence-corrected chi connectivity index (χ3v) is 5.88. The quantitative estimate of drug-likeness (QED) is 0.403. The van der Waals surface area contributed by atoms with Gasteiger partial charge in [0.1, 0.15) is 46.6 Å². The van der Waals surface area contributed by atoms with Crippen molar-refractivity contribution in [1.82, 2.24) is 30.7 Å². The number of carbonyl (C=O) groups excluding carboxylic acids is 2. The van der Waals surface area contributed by atoms with Crippen molar-refractivity contribution >= 4 is 28.7 Å². The molecule has 2 atom stereocenters. The molecule has 2 aliphatic rings. The Hall–Kier alpha value is -4.72. The van der Waals surface area contributed by atoms with Crippen LogP contribution in [0.5, 0.6) is 5.75 Å². The largest absolute Gasteiger partial charge is 0.423 e. The second kappa shape index (κ2) is 10.9. The molecule has 0 saturated heterocycles. The SMILES string of the molecule is CCC(=O)N(C)N1C(C(C)C)=NC2NC(C#N)=CC21.O=C(Oc1ccccc1)c1ccc2n[nH]nc2c1.